The van der Waals surface area contributed by atoms with Gasteiger partial charge in [0.1, 0.15) is 34.1 Å². The molecular weight excluding hydrogens is 1180 g/mol. The molecule has 0 unspecified atom stereocenters. The Morgan fingerprint density at radius 2 is 0.770 bits per heavy atom. The molecule has 0 fully saturated rings. The van der Waals surface area contributed by atoms with Crippen LogP contribution in [0.25, 0.3) is 33.4 Å². The number of sulfone groups is 3. The third-order valence-corrected chi connectivity index (χ3v) is 17.5. The van der Waals surface area contributed by atoms with Gasteiger partial charge in [0, 0.05) is 35.5 Å². The van der Waals surface area contributed by atoms with Gasteiger partial charge in [-0.3, -0.25) is 4.79 Å². The molecule has 6 aromatic rings. The van der Waals surface area contributed by atoms with Gasteiger partial charge in [-0.25, -0.2) is 49.2 Å². The number of carbonyl (C=O) groups is 6. The van der Waals surface area contributed by atoms with E-state index in [1.807, 2.05) is 0 Å². The van der Waals surface area contributed by atoms with E-state index >= 15 is 0 Å². The lowest BCUT2D eigenvalue weighted by Gasteiger charge is -2.22. The van der Waals surface area contributed by atoms with E-state index in [0.717, 1.165) is 18.8 Å². The smallest absolute Gasteiger partial charge is 0.343 e. The third kappa shape index (κ3) is 14.2. The largest absolute Gasteiger partial charge is 0.485 e. The zero-order chi connectivity index (χ0) is 63.8. The molecule has 0 atom stereocenters. The molecule has 0 saturated carbocycles. The summed E-state index contributed by atoms with van der Waals surface area (Å²) >= 11 is 0. The van der Waals surface area contributed by atoms with Gasteiger partial charge in [-0.15, -0.1) is 0 Å². The predicted octanol–water partition coefficient (Wildman–Crippen LogP) is 8.60. The Bertz CT molecular complexity index is 4230. The maximum absolute atomic E-state index is 12.7. The number of hydrogen-bond acceptors (Lipinski definition) is 19. The van der Waals surface area contributed by atoms with E-state index in [-0.39, 0.29) is 33.7 Å². The zero-order valence-electron chi connectivity index (χ0n) is 48.8. The molecule has 23 heteroatoms. The maximum atomic E-state index is 12.7. The van der Waals surface area contributed by atoms with Crippen LogP contribution in [0.5, 0.6) is 17.2 Å². The first-order valence-electron chi connectivity index (χ1n) is 26.5. The molecule has 0 spiro atoms. The first kappa shape index (κ1) is 63.8. The quantitative estimate of drug-likeness (QED) is 0.0743. The van der Waals surface area contributed by atoms with E-state index in [1.165, 1.54) is 43.5 Å². The van der Waals surface area contributed by atoms with Gasteiger partial charge in [0.05, 0.1) is 44.1 Å². The number of methoxy groups -OCH3 is 1. The highest BCUT2D eigenvalue weighted by molar-refractivity contribution is 7.91. The number of cyclic esters (lactones) is 3. The molecule has 87 heavy (non-hydrogen) atoms. The number of carboxylic acids is 1. The van der Waals surface area contributed by atoms with Crippen LogP contribution in [0.4, 0.5) is 0 Å². The van der Waals surface area contributed by atoms with Crippen molar-refractivity contribution in [2.45, 2.75) is 73.0 Å². The topological polar surface area (TPSA) is 290 Å². The average molecular weight is 1250 g/mol. The summed E-state index contributed by atoms with van der Waals surface area (Å²) in [5.74, 6) is -1.85. The number of fused-ring (bicyclic) bond motifs is 1. The minimum atomic E-state index is -3.33. The maximum Gasteiger partial charge on any atom is 0.343 e. The summed E-state index contributed by atoms with van der Waals surface area (Å²) in [5.41, 5.74) is 4.64. The van der Waals surface area contributed by atoms with E-state index in [4.69, 9.17) is 33.5 Å². The van der Waals surface area contributed by atoms with Gasteiger partial charge in [-0.05, 0) is 148 Å². The molecule has 0 saturated heterocycles. The van der Waals surface area contributed by atoms with Crippen molar-refractivity contribution in [2.75, 3.05) is 45.7 Å². The normalized spacial score (nSPS) is 16.5. The van der Waals surface area contributed by atoms with E-state index in [1.54, 1.807) is 145 Å². The van der Waals surface area contributed by atoms with Crippen molar-refractivity contribution in [1.82, 2.24) is 0 Å². The highest BCUT2D eigenvalue weighted by Crippen LogP contribution is 2.47. The number of benzene rings is 6. The van der Waals surface area contributed by atoms with Crippen LogP contribution in [0, 0.1) is 0 Å². The van der Waals surface area contributed by atoms with Crippen molar-refractivity contribution < 1.29 is 92.3 Å². The van der Waals surface area contributed by atoms with Crippen molar-refractivity contribution in [2.24, 2.45) is 0 Å². The number of carboxylic acid groups (broad SMARTS) is 1. The fraction of sp³-hybridized carbons (Fsp3) is 0.250. The molecule has 454 valence electrons. The number of esters is 4. The molecule has 1 N–H and O–H groups in total. The van der Waals surface area contributed by atoms with Gasteiger partial charge >= 0.3 is 29.8 Å². The second-order valence-electron chi connectivity index (χ2n) is 21.9. The molecule has 6 aromatic carbocycles. The van der Waals surface area contributed by atoms with Crippen LogP contribution in [0.3, 0.4) is 0 Å². The van der Waals surface area contributed by atoms with Crippen molar-refractivity contribution in [1.29, 1.82) is 0 Å². The highest BCUT2D eigenvalue weighted by Gasteiger charge is 2.44. The lowest BCUT2D eigenvalue weighted by molar-refractivity contribution is -0.143. The number of ether oxygens (including phenoxy) is 7. The Kier molecular flexibility index (Phi) is 17.8. The zero-order valence-corrected chi connectivity index (χ0v) is 51.3. The Balaban J connectivity index is 0.000000169. The minimum Gasteiger partial charge on any atom is -0.485 e. The van der Waals surface area contributed by atoms with Crippen molar-refractivity contribution in [3.8, 4) is 17.2 Å². The van der Waals surface area contributed by atoms with Gasteiger partial charge in [-0.1, -0.05) is 66.7 Å². The summed E-state index contributed by atoms with van der Waals surface area (Å²) in [7, 11) is -8.71. The first-order valence-corrected chi connectivity index (χ1v) is 32.2. The number of carbonyl (C=O) groups excluding carboxylic acids is 5. The molecule has 0 bridgehead atoms. The molecule has 4 aliphatic heterocycles. The lowest BCUT2D eigenvalue weighted by atomic mass is 9.86. The number of aliphatic carboxylic acids is 1. The van der Waals surface area contributed by atoms with Crippen molar-refractivity contribution >= 4 is 98.6 Å². The number of Topliss-reactive ketones (excluding diaryl/α,β-unsaturated/α-hetero) is 1. The SMILES string of the molecule is CC1(C)OC(=O)C(c2ccc(OCC(=O)O)cc2)=C1c1ccc(S(C)(=O)=O)cc1.CC1(C)OC(=O)C(c2ccc3c(c2)C(=O)CO3)=C1c1ccc(S(C)(=O)=O)cc1.COC(=O)COc1ccc(C2=C(c3ccc(S(C)(=O)=O)cc3)C(C)(C)OC2=O)cc1. The summed E-state index contributed by atoms with van der Waals surface area (Å²) in [6, 6.07) is 37.2. The summed E-state index contributed by atoms with van der Waals surface area (Å²) in [5, 5.41) is 8.69. The lowest BCUT2D eigenvalue weighted by Crippen LogP contribution is -2.22. The molecule has 0 radical (unpaired) electrons. The van der Waals surface area contributed by atoms with Crippen LogP contribution < -0.4 is 14.2 Å². The molecule has 0 aliphatic carbocycles. The molecule has 4 heterocycles. The molecule has 0 aromatic heterocycles. The van der Waals surface area contributed by atoms with E-state index in [9.17, 15) is 54.0 Å². The van der Waals surface area contributed by atoms with E-state index in [2.05, 4.69) is 4.74 Å². The molecule has 4 aliphatic rings. The van der Waals surface area contributed by atoms with Crippen LogP contribution >= 0.6 is 0 Å². The third-order valence-electron chi connectivity index (χ3n) is 14.1. The monoisotopic (exact) mass is 1240 g/mol. The number of hydrogen-bond donors (Lipinski definition) is 1. The Labute approximate surface area is 502 Å². The molecular formula is C64H60O20S3. The summed E-state index contributed by atoms with van der Waals surface area (Å²) in [6.07, 6.45) is 3.41. The van der Waals surface area contributed by atoms with Gasteiger partial charge in [-0.2, -0.15) is 0 Å². The van der Waals surface area contributed by atoms with Gasteiger partial charge in [0.15, 0.2) is 49.3 Å². The van der Waals surface area contributed by atoms with E-state index < -0.39 is 82.8 Å². The fourth-order valence-electron chi connectivity index (χ4n) is 10.1. The predicted molar refractivity (Wildman–Crippen MR) is 319 cm³/mol. The second kappa shape index (κ2) is 24.3. The van der Waals surface area contributed by atoms with Crippen molar-refractivity contribution in [3.63, 3.8) is 0 Å². The van der Waals surface area contributed by atoms with Crippen LogP contribution in [0.15, 0.2) is 154 Å². The van der Waals surface area contributed by atoms with Crippen molar-refractivity contribution in [3.05, 3.63) is 178 Å². The van der Waals surface area contributed by atoms with Gasteiger partial charge in [0.25, 0.3) is 0 Å². The first-order chi connectivity index (χ1) is 40.6. The standard InChI is InChI=1S/C22H22O7S.C21H20O7S.C21H18O6S/c1-22(2)20(15-7-11-17(12-8-15)30(4,25)26)19(21(24)29-22)14-5-9-16(10-6-14)28-13-18(23)27-3;1-21(2)19(14-6-10-16(11-7-14)29(3,25)26)18(20(24)28-21)13-4-8-15(9-5-13)27-12-17(22)23;1-21(2)19(12-4-7-14(8-5-12)28(3,24)25)18(20(23)27-21)13-6-9-17-15(10-13)16(22)11-26-17/h5-12H,13H2,1-4H3;4-11H,12H2,1-3H3,(H,22,23);4-10H,11H2,1-3H3. The summed E-state index contributed by atoms with van der Waals surface area (Å²) < 4.78 is 107. The second-order valence-corrected chi connectivity index (χ2v) is 27.9. The molecule has 20 nitrogen and oxygen atoms in total. The van der Waals surface area contributed by atoms with Crippen LogP contribution in [0.1, 0.15) is 85.3 Å². The van der Waals surface area contributed by atoms with Gasteiger partial charge < -0.3 is 38.3 Å². The number of rotatable bonds is 15. The van der Waals surface area contributed by atoms with Crippen LogP contribution in [0.2, 0.25) is 0 Å². The minimum absolute atomic E-state index is 0.00636. The fourth-order valence-corrected chi connectivity index (χ4v) is 12.0. The molecule has 0 amide bonds. The van der Waals surface area contributed by atoms with E-state index in [0.29, 0.717) is 89.6 Å². The highest BCUT2D eigenvalue weighted by atomic mass is 32.2. The number of ketones is 1. The van der Waals surface area contributed by atoms with Crippen LogP contribution in [-0.4, -0.2) is 128 Å². The summed E-state index contributed by atoms with van der Waals surface area (Å²) in [6.45, 7) is 9.97. The summed E-state index contributed by atoms with van der Waals surface area (Å²) in [4.78, 5) is 72.4. The average Bonchev–Trinajstić information content (AvgIpc) is 1.71. The Morgan fingerprint density at radius 1 is 0.460 bits per heavy atom. The van der Waals surface area contributed by atoms with Crippen LogP contribution in [-0.2, 0) is 72.4 Å². The van der Waals surface area contributed by atoms with Gasteiger partial charge in [0.2, 0.25) is 5.78 Å². The molecule has 10 rings (SSSR count). The Morgan fingerprint density at radius 3 is 1.09 bits per heavy atom. The Hall–Kier alpha value is -9.19.